The zero-order valence-electron chi connectivity index (χ0n) is 13.0. The summed E-state index contributed by atoms with van der Waals surface area (Å²) < 4.78 is 0. The van der Waals surface area contributed by atoms with E-state index >= 15 is 0 Å². The number of carbonyl (C=O) groups is 2. The third kappa shape index (κ3) is 3.08. The van der Waals surface area contributed by atoms with E-state index in [1.54, 1.807) is 11.9 Å². The SMILES string of the molecule is CN1C[C@@H](C(=O)NCc2ccccc2N2CCCC2)CC1=O. The van der Waals surface area contributed by atoms with Crippen molar-refractivity contribution in [3.8, 4) is 0 Å². The zero-order valence-corrected chi connectivity index (χ0v) is 13.0. The first kappa shape index (κ1) is 14.9. The maximum Gasteiger partial charge on any atom is 0.225 e. The second-order valence-corrected chi connectivity index (χ2v) is 6.22. The normalized spacial score (nSPS) is 21.5. The van der Waals surface area contributed by atoms with E-state index in [2.05, 4.69) is 22.3 Å². The fourth-order valence-electron chi connectivity index (χ4n) is 3.29. The second-order valence-electron chi connectivity index (χ2n) is 6.22. The highest BCUT2D eigenvalue weighted by atomic mass is 16.2. The van der Waals surface area contributed by atoms with Crippen LogP contribution in [0.1, 0.15) is 24.8 Å². The predicted octanol–water partition coefficient (Wildman–Crippen LogP) is 1.38. The van der Waals surface area contributed by atoms with Gasteiger partial charge in [0.05, 0.1) is 5.92 Å². The molecule has 22 heavy (non-hydrogen) atoms. The zero-order chi connectivity index (χ0) is 15.5. The standard InChI is InChI=1S/C17H23N3O2/c1-19-12-14(10-16(19)21)17(22)18-11-13-6-2-3-7-15(13)20-8-4-5-9-20/h2-3,6-7,14H,4-5,8-12H2,1H3,(H,18,22)/t14-/m0/s1. The lowest BCUT2D eigenvalue weighted by Gasteiger charge is -2.22. The quantitative estimate of drug-likeness (QED) is 0.914. The number of nitrogens with zero attached hydrogens (tertiary/aromatic N) is 2. The molecule has 5 heteroatoms. The van der Waals surface area contributed by atoms with Crippen LogP contribution in [-0.2, 0) is 16.1 Å². The average molecular weight is 301 g/mol. The van der Waals surface area contributed by atoms with Gasteiger partial charge in [0.15, 0.2) is 0 Å². The van der Waals surface area contributed by atoms with Crippen LogP contribution in [-0.4, -0.2) is 43.4 Å². The first-order chi connectivity index (χ1) is 10.6. The van der Waals surface area contributed by atoms with Gasteiger partial charge >= 0.3 is 0 Å². The number of carbonyl (C=O) groups excluding carboxylic acids is 2. The summed E-state index contributed by atoms with van der Waals surface area (Å²) in [6.07, 6.45) is 2.80. The molecule has 3 rings (SSSR count). The first-order valence-corrected chi connectivity index (χ1v) is 7.99. The van der Waals surface area contributed by atoms with Gasteiger partial charge in [0.2, 0.25) is 11.8 Å². The Bertz CT molecular complexity index is 567. The van der Waals surface area contributed by atoms with Gasteiger partial charge in [-0.2, -0.15) is 0 Å². The van der Waals surface area contributed by atoms with Crippen LogP contribution >= 0.6 is 0 Å². The lowest BCUT2D eigenvalue weighted by atomic mass is 10.1. The van der Waals surface area contributed by atoms with Gasteiger partial charge in [-0.1, -0.05) is 18.2 Å². The molecule has 0 unspecified atom stereocenters. The molecule has 2 saturated heterocycles. The monoisotopic (exact) mass is 301 g/mol. The molecule has 1 aromatic rings. The lowest BCUT2D eigenvalue weighted by molar-refractivity contribution is -0.128. The Morgan fingerprint density at radius 3 is 2.68 bits per heavy atom. The third-order valence-corrected chi connectivity index (χ3v) is 4.60. The molecule has 0 radical (unpaired) electrons. The largest absolute Gasteiger partial charge is 0.371 e. The Balaban J connectivity index is 1.62. The van der Waals surface area contributed by atoms with Gasteiger partial charge in [-0.25, -0.2) is 0 Å². The molecule has 1 atom stereocenters. The van der Waals surface area contributed by atoms with Crippen LogP contribution in [0.5, 0.6) is 0 Å². The van der Waals surface area contributed by atoms with Gasteiger partial charge in [0.25, 0.3) is 0 Å². The lowest BCUT2D eigenvalue weighted by Crippen LogP contribution is -2.32. The number of rotatable bonds is 4. The average Bonchev–Trinajstić information content (AvgIpc) is 3.16. The predicted molar refractivity (Wildman–Crippen MR) is 85.5 cm³/mol. The Labute approximate surface area is 131 Å². The van der Waals surface area contributed by atoms with Crippen molar-refractivity contribution in [2.24, 2.45) is 5.92 Å². The van der Waals surface area contributed by atoms with Gasteiger partial charge in [0.1, 0.15) is 0 Å². The van der Waals surface area contributed by atoms with Crippen LogP contribution in [0.2, 0.25) is 0 Å². The molecule has 0 bridgehead atoms. The minimum Gasteiger partial charge on any atom is -0.371 e. The van der Waals surface area contributed by atoms with E-state index in [0.29, 0.717) is 19.5 Å². The van der Waals surface area contributed by atoms with Gasteiger partial charge in [-0.05, 0) is 24.5 Å². The van der Waals surface area contributed by atoms with Crippen molar-refractivity contribution in [3.63, 3.8) is 0 Å². The number of likely N-dealkylation sites (tertiary alicyclic amines) is 1. The van der Waals surface area contributed by atoms with Crippen LogP contribution in [0, 0.1) is 5.92 Å². The van der Waals surface area contributed by atoms with Crippen molar-refractivity contribution >= 4 is 17.5 Å². The van der Waals surface area contributed by atoms with Crippen LogP contribution in [0.15, 0.2) is 24.3 Å². The van der Waals surface area contributed by atoms with Crippen molar-refractivity contribution < 1.29 is 9.59 Å². The van der Waals surface area contributed by atoms with Gasteiger partial charge in [-0.15, -0.1) is 0 Å². The highest BCUT2D eigenvalue weighted by Crippen LogP contribution is 2.24. The van der Waals surface area contributed by atoms with Gasteiger partial charge < -0.3 is 15.1 Å². The maximum atomic E-state index is 12.2. The third-order valence-electron chi connectivity index (χ3n) is 4.60. The summed E-state index contributed by atoms with van der Waals surface area (Å²) in [7, 11) is 1.75. The highest BCUT2D eigenvalue weighted by Gasteiger charge is 2.31. The molecule has 5 nitrogen and oxygen atoms in total. The molecule has 2 fully saturated rings. The Morgan fingerprint density at radius 2 is 2.00 bits per heavy atom. The van der Waals surface area contributed by atoms with Crippen LogP contribution in [0.3, 0.4) is 0 Å². The Kier molecular flexibility index (Phi) is 4.32. The van der Waals surface area contributed by atoms with E-state index in [1.807, 2.05) is 12.1 Å². The van der Waals surface area contributed by atoms with Crippen molar-refractivity contribution in [3.05, 3.63) is 29.8 Å². The minimum atomic E-state index is -0.212. The van der Waals surface area contributed by atoms with E-state index in [9.17, 15) is 9.59 Å². The molecular weight excluding hydrogens is 278 g/mol. The van der Waals surface area contributed by atoms with E-state index in [1.165, 1.54) is 18.5 Å². The Hall–Kier alpha value is -2.04. The fraction of sp³-hybridized carbons (Fsp3) is 0.529. The van der Waals surface area contributed by atoms with E-state index in [-0.39, 0.29) is 17.7 Å². The molecule has 2 aliphatic heterocycles. The Morgan fingerprint density at radius 1 is 1.27 bits per heavy atom. The number of para-hydroxylation sites is 1. The molecule has 1 N–H and O–H groups in total. The topological polar surface area (TPSA) is 52.7 Å². The molecule has 2 aliphatic rings. The number of benzene rings is 1. The molecule has 0 aliphatic carbocycles. The van der Waals surface area contributed by atoms with Gasteiger partial charge in [-0.3, -0.25) is 9.59 Å². The summed E-state index contributed by atoms with van der Waals surface area (Å²) in [5.74, 6) is -0.178. The molecule has 118 valence electrons. The van der Waals surface area contributed by atoms with E-state index < -0.39 is 0 Å². The van der Waals surface area contributed by atoms with Crippen molar-refractivity contribution in [1.82, 2.24) is 10.2 Å². The summed E-state index contributed by atoms with van der Waals surface area (Å²) in [5.41, 5.74) is 2.37. The number of hydrogen-bond acceptors (Lipinski definition) is 3. The van der Waals surface area contributed by atoms with E-state index in [4.69, 9.17) is 0 Å². The van der Waals surface area contributed by atoms with Crippen LogP contribution < -0.4 is 10.2 Å². The summed E-state index contributed by atoms with van der Waals surface area (Å²) in [6.45, 7) is 3.23. The molecular formula is C17H23N3O2. The molecule has 0 aromatic heterocycles. The number of hydrogen-bond donors (Lipinski definition) is 1. The summed E-state index contributed by atoms with van der Waals surface area (Å²) in [4.78, 5) is 27.8. The smallest absolute Gasteiger partial charge is 0.225 e. The minimum absolute atomic E-state index is 0.0195. The molecule has 2 amide bonds. The highest BCUT2D eigenvalue weighted by molar-refractivity contribution is 5.89. The van der Waals surface area contributed by atoms with Crippen molar-refractivity contribution in [2.75, 3.05) is 31.6 Å². The van der Waals surface area contributed by atoms with E-state index in [0.717, 1.165) is 18.7 Å². The maximum absolute atomic E-state index is 12.2. The summed E-state index contributed by atoms with van der Waals surface area (Å²) in [5, 5.41) is 3.00. The second kappa shape index (κ2) is 6.38. The molecule has 2 heterocycles. The fourth-order valence-corrected chi connectivity index (χ4v) is 3.29. The van der Waals surface area contributed by atoms with Crippen molar-refractivity contribution in [1.29, 1.82) is 0 Å². The molecule has 0 saturated carbocycles. The number of nitrogens with one attached hydrogen (secondary N) is 1. The summed E-state index contributed by atoms with van der Waals surface area (Å²) in [6, 6.07) is 8.25. The summed E-state index contributed by atoms with van der Waals surface area (Å²) >= 11 is 0. The number of amides is 2. The molecule has 1 aromatic carbocycles. The van der Waals surface area contributed by atoms with Crippen LogP contribution in [0.25, 0.3) is 0 Å². The first-order valence-electron chi connectivity index (χ1n) is 7.99. The van der Waals surface area contributed by atoms with Crippen LogP contribution in [0.4, 0.5) is 5.69 Å². The number of anilines is 1. The van der Waals surface area contributed by atoms with Crippen molar-refractivity contribution in [2.45, 2.75) is 25.8 Å². The molecule has 0 spiro atoms. The van der Waals surface area contributed by atoms with Gasteiger partial charge in [0, 0.05) is 45.3 Å².